The molecular weight excluding hydrogens is 384 g/mol. The molecule has 3 rings (SSSR count). The molecule has 7 heteroatoms. The van der Waals surface area contributed by atoms with E-state index >= 15 is 0 Å². The largest absolute Gasteiger partial charge is 0.496 e. The summed E-state index contributed by atoms with van der Waals surface area (Å²) >= 11 is 5.97. The molecule has 0 N–H and O–H groups in total. The van der Waals surface area contributed by atoms with E-state index in [1.807, 2.05) is 0 Å². The van der Waals surface area contributed by atoms with Crippen LogP contribution in [0.3, 0.4) is 0 Å². The second-order valence-corrected chi connectivity index (χ2v) is 6.99. The van der Waals surface area contributed by atoms with Crippen molar-refractivity contribution in [2.45, 2.75) is 26.2 Å². The third kappa shape index (κ3) is 4.64. The van der Waals surface area contributed by atoms with E-state index in [9.17, 15) is 9.59 Å². The number of rotatable bonds is 5. The standard InChI is InChI=1S/C21H19ClO6/c1-21(2)27-19(23)17(20(24)28-21)10-13-7-8-18(25-3)14(9-13)12-26-16-6-4-5-15(22)11-16/h4-11H,12H2,1-3H3. The average Bonchev–Trinajstić information content (AvgIpc) is 2.62. The van der Waals surface area contributed by atoms with E-state index in [2.05, 4.69) is 0 Å². The Morgan fingerprint density at radius 3 is 2.43 bits per heavy atom. The van der Waals surface area contributed by atoms with Gasteiger partial charge in [0, 0.05) is 24.4 Å². The van der Waals surface area contributed by atoms with Gasteiger partial charge in [0.25, 0.3) is 5.79 Å². The normalized spacial score (nSPS) is 15.5. The molecule has 0 unspecified atom stereocenters. The molecule has 6 nitrogen and oxygen atoms in total. The Kier molecular flexibility index (Phi) is 5.61. The molecule has 1 aliphatic heterocycles. The van der Waals surface area contributed by atoms with Gasteiger partial charge in [-0.1, -0.05) is 23.7 Å². The molecule has 146 valence electrons. The molecule has 0 bridgehead atoms. The molecule has 1 aliphatic rings. The molecule has 1 heterocycles. The van der Waals surface area contributed by atoms with Gasteiger partial charge >= 0.3 is 11.9 Å². The van der Waals surface area contributed by atoms with Crippen LogP contribution in [0.4, 0.5) is 0 Å². The molecule has 0 radical (unpaired) electrons. The first kappa shape index (κ1) is 19.8. The van der Waals surface area contributed by atoms with Crippen LogP contribution in [0.1, 0.15) is 25.0 Å². The van der Waals surface area contributed by atoms with Gasteiger partial charge in [0.15, 0.2) is 0 Å². The van der Waals surface area contributed by atoms with E-state index < -0.39 is 17.7 Å². The van der Waals surface area contributed by atoms with E-state index in [1.54, 1.807) is 49.6 Å². The first-order valence-electron chi connectivity index (χ1n) is 8.51. The fourth-order valence-electron chi connectivity index (χ4n) is 2.66. The van der Waals surface area contributed by atoms with Gasteiger partial charge in [0.2, 0.25) is 0 Å². The lowest BCUT2D eigenvalue weighted by atomic mass is 10.1. The zero-order valence-corrected chi connectivity index (χ0v) is 16.4. The number of hydrogen-bond acceptors (Lipinski definition) is 6. The molecule has 0 aromatic heterocycles. The smallest absolute Gasteiger partial charge is 0.348 e. The summed E-state index contributed by atoms with van der Waals surface area (Å²) in [6, 6.07) is 12.2. The Morgan fingerprint density at radius 1 is 1.07 bits per heavy atom. The Labute approximate surface area is 167 Å². The average molecular weight is 403 g/mol. The fraction of sp³-hybridized carbons (Fsp3) is 0.238. The topological polar surface area (TPSA) is 71.1 Å². The van der Waals surface area contributed by atoms with Crippen molar-refractivity contribution in [3.63, 3.8) is 0 Å². The van der Waals surface area contributed by atoms with E-state index in [1.165, 1.54) is 19.9 Å². The van der Waals surface area contributed by atoms with Gasteiger partial charge in [0.1, 0.15) is 23.7 Å². The van der Waals surface area contributed by atoms with Crippen LogP contribution in [0.5, 0.6) is 11.5 Å². The van der Waals surface area contributed by atoms with Crippen molar-refractivity contribution >= 4 is 29.6 Å². The van der Waals surface area contributed by atoms with E-state index in [0.717, 1.165) is 5.56 Å². The summed E-state index contributed by atoms with van der Waals surface area (Å²) in [6.07, 6.45) is 1.42. The lowest BCUT2D eigenvalue weighted by Crippen LogP contribution is -2.41. The molecule has 0 amide bonds. The zero-order chi connectivity index (χ0) is 20.3. The van der Waals surface area contributed by atoms with Gasteiger partial charge in [-0.25, -0.2) is 9.59 Å². The van der Waals surface area contributed by atoms with Crippen LogP contribution in [-0.2, 0) is 25.7 Å². The number of carbonyl (C=O) groups excluding carboxylic acids is 2. The minimum absolute atomic E-state index is 0.175. The van der Waals surface area contributed by atoms with Crippen molar-refractivity contribution in [1.82, 2.24) is 0 Å². The highest BCUT2D eigenvalue weighted by atomic mass is 35.5. The number of esters is 2. The van der Waals surface area contributed by atoms with Crippen LogP contribution in [0.25, 0.3) is 6.08 Å². The number of methoxy groups -OCH3 is 1. The molecule has 2 aromatic carbocycles. The molecule has 0 spiro atoms. The quantitative estimate of drug-likeness (QED) is 0.425. The van der Waals surface area contributed by atoms with E-state index in [-0.39, 0.29) is 12.2 Å². The predicted molar refractivity (Wildman–Crippen MR) is 103 cm³/mol. The number of ether oxygens (including phenoxy) is 4. The van der Waals surface area contributed by atoms with Crippen LogP contribution in [0.2, 0.25) is 5.02 Å². The van der Waals surface area contributed by atoms with Crippen molar-refractivity contribution in [2.24, 2.45) is 0 Å². The van der Waals surface area contributed by atoms with E-state index in [4.69, 9.17) is 30.5 Å². The lowest BCUT2D eigenvalue weighted by molar-refractivity contribution is -0.222. The van der Waals surface area contributed by atoms with Crippen molar-refractivity contribution in [3.8, 4) is 11.5 Å². The minimum atomic E-state index is -1.28. The molecule has 0 aliphatic carbocycles. The van der Waals surface area contributed by atoms with Crippen LogP contribution >= 0.6 is 11.6 Å². The molecule has 0 saturated carbocycles. The summed E-state index contributed by atoms with van der Waals surface area (Å²) in [5.74, 6) is -1.51. The number of cyclic esters (lactones) is 2. The molecule has 2 aromatic rings. The highest BCUT2D eigenvalue weighted by Gasteiger charge is 2.38. The van der Waals surface area contributed by atoms with E-state index in [0.29, 0.717) is 22.1 Å². The second kappa shape index (κ2) is 7.94. The maximum absolute atomic E-state index is 12.1. The van der Waals surface area contributed by atoms with Crippen LogP contribution in [0, 0.1) is 0 Å². The number of hydrogen-bond donors (Lipinski definition) is 0. The summed E-state index contributed by atoms with van der Waals surface area (Å²) in [6.45, 7) is 3.21. The first-order chi connectivity index (χ1) is 13.3. The summed E-state index contributed by atoms with van der Waals surface area (Å²) in [4.78, 5) is 24.2. The van der Waals surface area contributed by atoms with Crippen molar-refractivity contribution in [3.05, 3.63) is 64.2 Å². The minimum Gasteiger partial charge on any atom is -0.496 e. The van der Waals surface area contributed by atoms with Crippen molar-refractivity contribution in [2.75, 3.05) is 7.11 Å². The van der Waals surface area contributed by atoms with Gasteiger partial charge in [-0.2, -0.15) is 0 Å². The van der Waals surface area contributed by atoms with Gasteiger partial charge in [0.05, 0.1) is 7.11 Å². The Morgan fingerprint density at radius 2 is 1.79 bits per heavy atom. The highest BCUT2D eigenvalue weighted by Crippen LogP contribution is 2.27. The predicted octanol–water partition coefficient (Wildman–Crippen LogP) is 4.15. The van der Waals surface area contributed by atoms with Gasteiger partial charge in [-0.15, -0.1) is 0 Å². The summed E-state index contributed by atoms with van der Waals surface area (Å²) in [5, 5.41) is 0.570. The Hall–Kier alpha value is -2.99. The second-order valence-electron chi connectivity index (χ2n) is 6.55. The summed E-state index contributed by atoms with van der Waals surface area (Å²) in [7, 11) is 1.55. The molecular formula is C21H19ClO6. The molecule has 0 atom stereocenters. The third-order valence-electron chi connectivity index (χ3n) is 3.92. The van der Waals surface area contributed by atoms with Crippen molar-refractivity contribution in [1.29, 1.82) is 0 Å². The van der Waals surface area contributed by atoms with Crippen LogP contribution in [-0.4, -0.2) is 24.8 Å². The SMILES string of the molecule is COc1ccc(C=C2C(=O)OC(C)(C)OC2=O)cc1COc1cccc(Cl)c1. The summed E-state index contributed by atoms with van der Waals surface area (Å²) in [5.41, 5.74) is 1.16. The first-order valence-corrected chi connectivity index (χ1v) is 8.89. The number of benzene rings is 2. The molecule has 1 fully saturated rings. The highest BCUT2D eigenvalue weighted by molar-refractivity contribution is 6.30. The lowest BCUT2D eigenvalue weighted by Gasteiger charge is -2.29. The third-order valence-corrected chi connectivity index (χ3v) is 4.16. The monoisotopic (exact) mass is 402 g/mol. The van der Waals surface area contributed by atoms with Gasteiger partial charge < -0.3 is 18.9 Å². The zero-order valence-electron chi connectivity index (χ0n) is 15.7. The Balaban J connectivity index is 1.84. The Bertz CT molecular complexity index is 926. The maximum Gasteiger partial charge on any atom is 0.348 e. The number of carbonyl (C=O) groups is 2. The molecule has 28 heavy (non-hydrogen) atoms. The van der Waals surface area contributed by atoms with Gasteiger partial charge in [-0.05, 0) is 42.0 Å². The van der Waals surface area contributed by atoms with Crippen molar-refractivity contribution < 1.29 is 28.5 Å². The molecule has 1 saturated heterocycles. The van der Waals surface area contributed by atoms with Gasteiger partial charge in [-0.3, -0.25) is 0 Å². The summed E-state index contributed by atoms with van der Waals surface area (Å²) < 4.78 is 21.3. The fourth-order valence-corrected chi connectivity index (χ4v) is 2.84. The van der Waals surface area contributed by atoms with Crippen LogP contribution in [0.15, 0.2) is 48.0 Å². The number of halogens is 1. The maximum atomic E-state index is 12.1. The van der Waals surface area contributed by atoms with Crippen LogP contribution < -0.4 is 9.47 Å².